The zero-order valence-corrected chi connectivity index (χ0v) is 20.1. The first-order chi connectivity index (χ1) is 16.0. The van der Waals surface area contributed by atoms with Crippen molar-refractivity contribution in [3.8, 4) is 0 Å². The van der Waals surface area contributed by atoms with Gasteiger partial charge in [-0.25, -0.2) is 13.2 Å². The number of amides is 2. The maximum atomic E-state index is 13.3. The molecular weight excluding hydrogens is 458 g/mol. The summed E-state index contributed by atoms with van der Waals surface area (Å²) in [6.07, 6.45) is 0.476. The lowest BCUT2D eigenvalue weighted by Gasteiger charge is -2.42. The van der Waals surface area contributed by atoms with Crippen LogP contribution in [0, 0.1) is 0 Å². The van der Waals surface area contributed by atoms with E-state index < -0.39 is 33.5 Å². The first-order valence-corrected chi connectivity index (χ1v) is 12.5. The third kappa shape index (κ3) is 4.19. The van der Waals surface area contributed by atoms with Gasteiger partial charge in [0.05, 0.1) is 21.8 Å². The molecule has 0 spiro atoms. The predicted octanol–water partition coefficient (Wildman–Crippen LogP) is 2.78. The highest BCUT2D eigenvalue weighted by Gasteiger charge is 2.45. The van der Waals surface area contributed by atoms with Crippen molar-refractivity contribution in [2.45, 2.75) is 50.2 Å². The van der Waals surface area contributed by atoms with Crippen molar-refractivity contribution in [2.24, 2.45) is 0 Å². The van der Waals surface area contributed by atoms with Crippen molar-refractivity contribution in [3.05, 3.63) is 54.1 Å². The number of anilines is 2. The quantitative estimate of drug-likeness (QED) is 0.652. The van der Waals surface area contributed by atoms with E-state index in [0.717, 1.165) is 12.8 Å². The van der Waals surface area contributed by atoms with Gasteiger partial charge in [-0.1, -0.05) is 12.1 Å². The third-order valence-corrected chi connectivity index (χ3v) is 8.07. The Bertz CT molecular complexity index is 1230. The second kappa shape index (κ2) is 8.84. The van der Waals surface area contributed by atoms with E-state index in [1.807, 2.05) is 0 Å². The molecule has 2 aliphatic heterocycles. The van der Waals surface area contributed by atoms with Crippen LogP contribution in [0.25, 0.3) is 0 Å². The van der Waals surface area contributed by atoms with Gasteiger partial charge in [-0.3, -0.25) is 14.5 Å². The summed E-state index contributed by atoms with van der Waals surface area (Å²) in [5, 5.41) is 2.78. The van der Waals surface area contributed by atoms with Crippen molar-refractivity contribution in [1.82, 2.24) is 4.31 Å². The van der Waals surface area contributed by atoms with Crippen molar-refractivity contribution >= 4 is 39.2 Å². The molecule has 34 heavy (non-hydrogen) atoms. The third-order valence-electron chi connectivity index (χ3n) is 6.15. The number of fused-ring (bicyclic) bond motifs is 1. The smallest absolute Gasteiger partial charge is 0.338 e. The van der Waals surface area contributed by atoms with E-state index in [0.29, 0.717) is 24.5 Å². The lowest BCUT2D eigenvalue weighted by atomic mass is 9.95. The SMILES string of the molecule is C[C@H](OC(=O)c1ccc(S(=O)(=O)N2CCCC2)cc1)C(=O)N1c2ccccc2NC(=O)C1(C)C. The van der Waals surface area contributed by atoms with Gasteiger partial charge >= 0.3 is 5.97 Å². The van der Waals surface area contributed by atoms with Crippen LogP contribution in [0.4, 0.5) is 11.4 Å². The van der Waals surface area contributed by atoms with Gasteiger partial charge in [0.25, 0.3) is 5.91 Å². The van der Waals surface area contributed by atoms with Crippen molar-refractivity contribution in [1.29, 1.82) is 0 Å². The molecule has 1 fully saturated rings. The minimum Gasteiger partial charge on any atom is -0.449 e. The molecule has 1 saturated heterocycles. The van der Waals surface area contributed by atoms with Gasteiger partial charge < -0.3 is 10.1 Å². The minimum absolute atomic E-state index is 0.104. The van der Waals surface area contributed by atoms with Crippen molar-refractivity contribution in [3.63, 3.8) is 0 Å². The fourth-order valence-corrected chi connectivity index (χ4v) is 5.66. The average molecular weight is 486 g/mol. The summed E-state index contributed by atoms with van der Waals surface area (Å²) in [6.45, 7) is 5.64. The summed E-state index contributed by atoms with van der Waals surface area (Å²) in [6, 6.07) is 12.4. The van der Waals surface area contributed by atoms with E-state index in [1.54, 1.807) is 38.1 Å². The molecule has 2 aromatic carbocycles. The topological polar surface area (TPSA) is 113 Å². The van der Waals surface area contributed by atoms with Gasteiger partial charge in [-0.2, -0.15) is 4.31 Å². The molecule has 9 nitrogen and oxygen atoms in total. The van der Waals surface area contributed by atoms with E-state index in [9.17, 15) is 22.8 Å². The van der Waals surface area contributed by atoms with Crippen molar-refractivity contribution in [2.75, 3.05) is 23.3 Å². The lowest BCUT2D eigenvalue weighted by Crippen LogP contribution is -2.60. The predicted molar refractivity (Wildman–Crippen MR) is 126 cm³/mol. The van der Waals surface area contributed by atoms with Gasteiger partial charge in [0.15, 0.2) is 6.10 Å². The summed E-state index contributed by atoms with van der Waals surface area (Å²) in [7, 11) is -3.60. The number of nitrogens with zero attached hydrogens (tertiary/aromatic N) is 2. The Kier molecular flexibility index (Phi) is 6.22. The van der Waals surface area contributed by atoms with Crippen LogP contribution in [0.5, 0.6) is 0 Å². The van der Waals surface area contributed by atoms with E-state index in [2.05, 4.69) is 5.32 Å². The molecule has 1 N–H and O–H groups in total. The molecular formula is C24H27N3O6S. The number of esters is 1. The zero-order chi connectivity index (χ0) is 24.7. The number of carbonyl (C=O) groups is 3. The summed E-state index contributed by atoms with van der Waals surface area (Å²) >= 11 is 0. The maximum absolute atomic E-state index is 13.3. The molecule has 0 saturated carbocycles. The number of rotatable bonds is 5. The maximum Gasteiger partial charge on any atom is 0.338 e. The second-order valence-corrected chi connectivity index (χ2v) is 10.8. The molecule has 0 unspecified atom stereocenters. The van der Waals surface area contributed by atoms with Crippen LogP contribution < -0.4 is 10.2 Å². The molecule has 0 bridgehead atoms. The number of para-hydroxylation sites is 2. The van der Waals surface area contributed by atoms with Crippen molar-refractivity contribution < 1.29 is 27.5 Å². The molecule has 180 valence electrons. The summed E-state index contributed by atoms with van der Waals surface area (Å²) in [4.78, 5) is 40.0. The molecule has 4 rings (SSSR count). The fourth-order valence-electron chi connectivity index (χ4n) is 4.15. The van der Waals surface area contributed by atoms with E-state index in [4.69, 9.17) is 4.74 Å². The van der Waals surface area contributed by atoms with E-state index in [-0.39, 0.29) is 16.4 Å². The Labute approximate surface area is 198 Å². The van der Waals surface area contributed by atoms with Crippen LogP contribution in [0.3, 0.4) is 0 Å². The molecule has 2 amide bonds. The fraction of sp³-hybridized carbons (Fsp3) is 0.375. The lowest BCUT2D eigenvalue weighted by molar-refractivity contribution is -0.131. The molecule has 2 heterocycles. The Morgan fingerprint density at radius 3 is 2.29 bits per heavy atom. The van der Waals surface area contributed by atoms with Gasteiger partial charge in [-0.15, -0.1) is 0 Å². The highest BCUT2D eigenvalue weighted by atomic mass is 32.2. The van der Waals surface area contributed by atoms with Gasteiger partial charge in [0, 0.05) is 13.1 Å². The van der Waals surface area contributed by atoms with E-state index >= 15 is 0 Å². The number of carbonyl (C=O) groups excluding carboxylic acids is 3. The Morgan fingerprint density at radius 1 is 1.03 bits per heavy atom. The Balaban J connectivity index is 1.50. The number of sulfonamides is 1. The zero-order valence-electron chi connectivity index (χ0n) is 19.3. The highest BCUT2D eigenvalue weighted by molar-refractivity contribution is 7.89. The summed E-state index contributed by atoms with van der Waals surface area (Å²) in [5.41, 5.74) is -0.0708. The average Bonchev–Trinajstić information content (AvgIpc) is 3.35. The van der Waals surface area contributed by atoms with Crippen LogP contribution in [-0.4, -0.2) is 55.2 Å². The van der Waals surface area contributed by atoms with Crippen LogP contribution in [0.1, 0.15) is 44.0 Å². The molecule has 10 heteroatoms. The Hall–Kier alpha value is -3.24. The summed E-state index contributed by atoms with van der Waals surface area (Å²) in [5.74, 6) is -1.67. The normalized spacial score (nSPS) is 18.7. The number of hydrogen-bond donors (Lipinski definition) is 1. The molecule has 0 radical (unpaired) electrons. The number of ether oxygens (including phenoxy) is 1. The van der Waals surface area contributed by atoms with Crippen LogP contribution in [0.2, 0.25) is 0 Å². The van der Waals surface area contributed by atoms with Gasteiger partial charge in [0.2, 0.25) is 15.9 Å². The van der Waals surface area contributed by atoms with Gasteiger partial charge in [0.1, 0.15) is 5.54 Å². The first kappa shape index (κ1) is 23.9. The standard InChI is InChI=1S/C24H27N3O6S/c1-16(21(28)27-20-9-5-4-8-19(20)25-23(30)24(27,2)3)33-22(29)17-10-12-18(13-11-17)34(31,32)26-14-6-7-15-26/h4-5,8-13,16H,6-7,14-15H2,1-3H3,(H,25,30)/t16-/m0/s1. The minimum atomic E-state index is -3.60. The Morgan fingerprint density at radius 2 is 1.65 bits per heavy atom. The van der Waals surface area contributed by atoms with Crippen LogP contribution in [0.15, 0.2) is 53.4 Å². The van der Waals surface area contributed by atoms with E-state index in [1.165, 1.54) is 40.4 Å². The van der Waals surface area contributed by atoms with Crippen LogP contribution >= 0.6 is 0 Å². The van der Waals surface area contributed by atoms with Gasteiger partial charge in [-0.05, 0) is 70.0 Å². The number of benzene rings is 2. The highest BCUT2D eigenvalue weighted by Crippen LogP contribution is 2.37. The molecule has 2 aromatic rings. The summed E-state index contributed by atoms with van der Waals surface area (Å²) < 4.78 is 32.2. The second-order valence-electron chi connectivity index (χ2n) is 8.89. The first-order valence-electron chi connectivity index (χ1n) is 11.1. The number of nitrogens with one attached hydrogen (secondary N) is 1. The number of hydrogen-bond acceptors (Lipinski definition) is 6. The largest absolute Gasteiger partial charge is 0.449 e. The monoisotopic (exact) mass is 485 g/mol. The molecule has 1 atom stereocenters. The molecule has 0 aliphatic carbocycles. The molecule has 2 aliphatic rings. The van der Waals surface area contributed by atoms with Crippen LogP contribution in [-0.2, 0) is 24.3 Å². The molecule has 0 aromatic heterocycles.